The summed E-state index contributed by atoms with van der Waals surface area (Å²) in [4.78, 5) is 12.6. The molecule has 1 aromatic rings. The van der Waals surface area contributed by atoms with Crippen molar-refractivity contribution in [2.75, 3.05) is 0 Å². The van der Waals surface area contributed by atoms with E-state index in [0.717, 1.165) is 4.90 Å². The van der Waals surface area contributed by atoms with Crippen LogP contribution in [0.2, 0.25) is 0 Å². The monoisotopic (exact) mass is 286 g/mol. The van der Waals surface area contributed by atoms with Gasteiger partial charge in [0.1, 0.15) is 0 Å². The number of halogens is 1. The fourth-order valence-electron chi connectivity index (χ4n) is 1.51. The maximum absolute atomic E-state index is 11.6. The van der Waals surface area contributed by atoms with E-state index in [9.17, 15) is 4.79 Å². The molecule has 0 amide bonds. The lowest BCUT2D eigenvalue weighted by atomic mass is 10.1. The Hall–Kier alpha value is -0.280. The quantitative estimate of drug-likeness (QED) is 0.604. The Labute approximate surface area is 104 Å². The second-order valence-electron chi connectivity index (χ2n) is 3.76. The summed E-state index contributed by atoms with van der Waals surface area (Å²) in [6.45, 7) is 8.03. The topological polar surface area (TPSA) is 17.1 Å². The van der Waals surface area contributed by atoms with Gasteiger partial charge >= 0.3 is 0 Å². The third kappa shape index (κ3) is 3.35. The average Bonchev–Trinajstić information content (AvgIpc) is 2.10. The number of carbonyl (C=O) groups is 1. The lowest BCUT2D eigenvalue weighted by Crippen LogP contribution is -2.05. The highest BCUT2D eigenvalue weighted by atomic mass is 79.9. The lowest BCUT2D eigenvalue weighted by Gasteiger charge is -2.10. The molecule has 1 nitrogen and oxygen atoms in total. The molecule has 0 saturated heterocycles. The normalized spacial score (nSPS) is 12.6. The highest BCUT2D eigenvalue weighted by molar-refractivity contribution is 9.10. The Morgan fingerprint density at radius 3 is 2.13 bits per heavy atom. The van der Waals surface area contributed by atoms with Crippen molar-refractivity contribution in [3.8, 4) is 0 Å². The van der Waals surface area contributed by atoms with Crippen LogP contribution in [-0.4, -0.2) is 9.94 Å². The Morgan fingerprint density at radius 1 is 1.27 bits per heavy atom. The van der Waals surface area contributed by atoms with Gasteiger partial charge in [-0.25, -0.2) is 0 Å². The number of hydrogen-bond acceptors (Lipinski definition) is 2. The molecule has 1 atom stereocenters. The number of aryl methyl sites for hydroxylation is 3. The van der Waals surface area contributed by atoms with Gasteiger partial charge in [-0.15, -0.1) is 0 Å². The van der Waals surface area contributed by atoms with Crippen LogP contribution in [0, 0.1) is 20.8 Å². The van der Waals surface area contributed by atoms with Crippen LogP contribution in [0.15, 0.2) is 17.0 Å². The summed E-state index contributed by atoms with van der Waals surface area (Å²) in [6.07, 6.45) is 0. The fraction of sp³-hybridized carbons (Fsp3) is 0.417. The van der Waals surface area contributed by atoms with Gasteiger partial charge in [-0.05, 0) is 38.8 Å². The Balaban J connectivity index is 3.00. The van der Waals surface area contributed by atoms with Gasteiger partial charge in [0.2, 0.25) is 5.12 Å². The molecule has 0 heterocycles. The van der Waals surface area contributed by atoms with Crippen LogP contribution >= 0.6 is 27.7 Å². The molecule has 1 rings (SSSR count). The first-order chi connectivity index (χ1) is 6.91. The molecular weight excluding hydrogens is 272 g/mol. The molecule has 3 heteroatoms. The van der Waals surface area contributed by atoms with Gasteiger partial charge in [0.15, 0.2) is 0 Å². The maximum Gasteiger partial charge on any atom is 0.207 e. The predicted octanol–water partition coefficient (Wildman–Crippen LogP) is 4.01. The lowest BCUT2D eigenvalue weighted by molar-refractivity contribution is -0.110. The first-order valence-corrected chi connectivity index (χ1v) is 6.58. The van der Waals surface area contributed by atoms with Crippen LogP contribution in [0.5, 0.6) is 0 Å². The molecular formula is C12H15BrOS. The van der Waals surface area contributed by atoms with Crippen LogP contribution < -0.4 is 0 Å². The van der Waals surface area contributed by atoms with Gasteiger partial charge in [-0.3, -0.25) is 4.79 Å². The Bertz CT molecular complexity index is 362. The number of carbonyl (C=O) groups excluding carboxylic acids is 1. The molecule has 0 radical (unpaired) electrons. The minimum atomic E-state index is -0.0948. The second kappa shape index (κ2) is 5.17. The minimum absolute atomic E-state index is 0.0948. The molecule has 82 valence electrons. The van der Waals surface area contributed by atoms with Crippen LogP contribution in [0.25, 0.3) is 0 Å². The molecule has 1 unspecified atom stereocenters. The fourth-order valence-corrected chi connectivity index (χ4v) is 2.59. The molecule has 0 aromatic heterocycles. The SMILES string of the molecule is Cc1cc(C)c(SC(=O)C(C)Br)c(C)c1. The number of rotatable bonds is 2. The minimum Gasteiger partial charge on any atom is -0.286 e. The van der Waals surface area contributed by atoms with E-state index in [1.54, 1.807) is 0 Å². The van der Waals surface area contributed by atoms with E-state index in [1.807, 2.05) is 6.92 Å². The molecule has 0 fully saturated rings. The summed E-state index contributed by atoms with van der Waals surface area (Å²) in [5.41, 5.74) is 3.60. The second-order valence-corrected chi connectivity index (χ2v) is 6.15. The molecule has 0 bridgehead atoms. The molecule has 0 saturated carbocycles. The van der Waals surface area contributed by atoms with Crippen LogP contribution in [0.3, 0.4) is 0 Å². The van der Waals surface area contributed by atoms with Gasteiger partial charge in [-0.1, -0.05) is 45.4 Å². The standard InChI is InChI=1S/C12H15BrOS/c1-7-5-8(2)11(9(3)6-7)15-12(14)10(4)13/h5-6,10H,1-4H3. The smallest absolute Gasteiger partial charge is 0.207 e. The highest BCUT2D eigenvalue weighted by Crippen LogP contribution is 2.29. The summed E-state index contributed by atoms with van der Waals surface area (Å²) >= 11 is 4.62. The molecule has 0 aliphatic rings. The van der Waals surface area contributed by atoms with E-state index in [0.29, 0.717) is 0 Å². The molecule has 0 aliphatic heterocycles. The van der Waals surface area contributed by atoms with E-state index in [4.69, 9.17) is 0 Å². The molecule has 1 aromatic carbocycles. The summed E-state index contributed by atoms with van der Waals surface area (Å²) in [5.74, 6) is 0. The first-order valence-electron chi connectivity index (χ1n) is 4.85. The molecule has 15 heavy (non-hydrogen) atoms. The van der Waals surface area contributed by atoms with Crippen molar-refractivity contribution >= 4 is 32.8 Å². The predicted molar refractivity (Wildman–Crippen MR) is 69.9 cm³/mol. The summed E-state index contributed by atoms with van der Waals surface area (Å²) < 4.78 is 0. The largest absolute Gasteiger partial charge is 0.286 e. The average molecular weight is 287 g/mol. The Morgan fingerprint density at radius 2 is 1.73 bits per heavy atom. The van der Waals surface area contributed by atoms with E-state index in [1.165, 1.54) is 28.5 Å². The third-order valence-corrected chi connectivity index (χ3v) is 4.25. The van der Waals surface area contributed by atoms with Crippen molar-refractivity contribution in [1.29, 1.82) is 0 Å². The van der Waals surface area contributed by atoms with Crippen molar-refractivity contribution in [2.45, 2.75) is 37.4 Å². The molecule has 0 aliphatic carbocycles. The van der Waals surface area contributed by atoms with Crippen LogP contribution in [0.1, 0.15) is 23.6 Å². The number of thioether (sulfide) groups is 1. The summed E-state index contributed by atoms with van der Waals surface area (Å²) in [5, 5.41) is 0.157. The van der Waals surface area contributed by atoms with Crippen molar-refractivity contribution in [2.24, 2.45) is 0 Å². The van der Waals surface area contributed by atoms with Crippen molar-refractivity contribution in [3.63, 3.8) is 0 Å². The summed E-state index contributed by atoms with van der Waals surface area (Å²) in [6, 6.07) is 4.23. The van der Waals surface area contributed by atoms with Gasteiger partial charge in [0.05, 0.1) is 4.83 Å². The Kier molecular flexibility index (Phi) is 4.41. The van der Waals surface area contributed by atoms with Gasteiger partial charge < -0.3 is 0 Å². The molecule has 0 spiro atoms. The number of hydrogen-bond donors (Lipinski definition) is 0. The summed E-state index contributed by atoms with van der Waals surface area (Å²) in [7, 11) is 0. The zero-order valence-electron chi connectivity index (χ0n) is 9.43. The van der Waals surface area contributed by atoms with Crippen molar-refractivity contribution in [3.05, 3.63) is 28.8 Å². The van der Waals surface area contributed by atoms with E-state index >= 15 is 0 Å². The van der Waals surface area contributed by atoms with Gasteiger partial charge in [-0.2, -0.15) is 0 Å². The maximum atomic E-state index is 11.6. The zero-order chi connectivity index (χ0) is 11.6. The third-order valence-electron chi connectivity index (χ3n) is 2.13. The van der Waals surface area contributed by atoms with E-state index in [2.05, 4.69) is 48.8 Å². The van der Waals surface area contributed by atoms with Crippen molar-refractivity contribution < 1.29 is 4.79 Å². The van der Waals surface area contributed by atoms with Crippen LogP contribution in [-0.2, 0) is 4.79 Å². The van der Waals surface area contributed by atoms with Crippen LogP contribution in [0.4, 0.5) is 0 Å². The van der Waals surface area contributed by atoms with E-state index < -0.39 is 0 Å². The van der Waals surface area contributed by atoms with Gasteiger partial charge in [0.25, 0.3) is 0 Å². The number of alkyl halides is 1. The van der Waals surface area contributed by atoms with Gasteiger partial charge in [0, 0.05) is 4.90 Å². The highest BCUT2D eigenvalue weighted by Gasteiger charge is 2.14. The van der Waals surface area contributed by atoms with E-state index in [-0.39, 0.29) is 9.94 Å². The first kappa shape index (κ1) is 12.8. The number of benzene rings is 1. The molecule has 0 N–H and O–H groups in total. The zero-order valence-corrected chi connectivity index (χ0v) is 11.8. The van der Waals surface area contributed by atoms with Crippen molar-refractivity contribution in [1.82, 2.24) is 0 Å².